The normalized spacial score (nSPS) is 15.2. The average Bonchev–Trinajstić information content (AvgIpc) is 3.41. The molecule has 3 rings (SSSR count). The van der Waals surface area contributed by atoms with E-state index in [0.29, 0.717) is 13.1 Å². The van der Waals surface area contributed by atoms with E-state index in [2.05, 4.69) is 51.3 Å². The highest BCUT2D eigenvalue weighted by molar-refractivity contribution is 6.35. The van der Waals surface area contributed by atoms with Crippen molar-refractivity contribution in [3.8, 4) is 5.75 Å². The first-order valence-corrected chi connectivity index (χ1v) is 12.0. The molecule has 9 heteroatoms. The Morgan fingerprint density at radius 3 is 2.29 bits per heavy atom. The van der Waals surface area contributed by atoms with Crippen LogP contribution in [0.3, 0.4) is 0 Å². The van der Waals surface area contributed by atoms with Gasteiger partial charge < -0.3 is 29.6 Å². The molecule has 1 unspecified atom stereocenters. The first-order valence-electron chi connectivity index (χ1n) is 12.0. The molecule has 0 radical (unpaired) electrons. The Balaban J connectivity index is 1.52. The van der Waals surface area contributed by atoms with Crippen molar-refractivity contribution in [2.24, 2.45) is 0 Å². The van der Waals surface area contributed by atoms with Crippen molar-refractivity contribution < 1.29 is 18.7 Å². The first kappa shape index (κ1) is 25.6. The molecule has 1 aromatic carbocycles. The Morgan fingerprint density at radius 2 is 1.71 bits per heavy atom. The number of amides is 2. The van der Waals surface area contributed by atoms with E-state index in [4.69, 9.17) is 9.15 Å². The summed E-state index contributed by atoms with van der Waals surface area (Å²) >= 11 is 0. The SMILES string of the molecule is CCN(CC)CCNC(=O)C(=O)NCC(c1ccco1)N1CCN(c2ccc(OC)cc2)CC1. The van der Waals surface area contributed by atoms with Crippen LogP contribution in [0, 0.1) is 0 Å². The van der Waals surface area contributed by atoms with Crippen LogP contribution < -0.4 is 20.3 Å². The summed E-state index contributed by atoms with van der Waals surface area (Å²) in [6.45, 7) is 10.8. The number of ether oxygens (including phenoxy) is 1. The van der Waals surface area contributed by atoms with E-state index in [-0.39, 0.29) is 6.04 Å². The van der Waals surface area contributed by atoms with Crippen LogP contribution in [0.4, 0.5) is 5.69 Å². The highest BCUT2D eigenvalue weighted by atomic mass is 16.5. The fourth-order valence-electron chi connectivity index (χ4n) is 4.19. The van der Waals surface area contributed by atoms with Crippen LogP contribution in [0.1, 0.15) is 25.6 Å². The van der Waals surface area contributed by atoms with E-state index >= 15 is 0 Å². The second-order valence-corrected chi connectivity index (χ2v) is 8.25. The summed E-state index contributed by atoms with van der Waals surface area (Å²) in [5, 5.41) is 5.50. The predicted molar refractivity (Wildman–Crippen MR) is 132 cm³/mol. The van der Waals surface area contributed by atoms with Crippen LogP contribution in [0.15, 0.2) is 47.1 Å². The van der Waals surface area contributed by atoms with Gasteiger partial charge in [-0.2, -0.15) is 0 Å². The lowest BCUT2D eigenvalue weighted by Crippen LogP contribution is -2.51. The Kier molecular flexibility index (Phi) is 9.78. The molecule has 0 spiro atoms. The van der Waals surface area contributed by atoms with Crippen molar-refractivity contribution in [3.63, 3.8) is 0 Å². The molecule has 0 saturated carbocycles. The Labute approximate surface area is 202 Å². The number of carbonyl (C=O) groups excluding carboxylic acids is 2. The minimum atomic E-state index is -0.618. The minimum Gasteiger partial charge on any atom is -0.497 e. The molecule has 2 heterocycles. The fraction of sp³-hybridized carbons (Fsp3) is 0.520. The molecule has 1 fully saturated rings. The molecule has 1 aliphatic rings. The van der Waals surface area contributed by atoms with E-state index in [1.54, 1.807) is 13.4 Å². The predicted octanol–water partition coefficient (Wildman–Crippen LogP) is 1.73. The van der Waals surface area contributed by atoms with Gasteiger partial charge in [-0.3, -0.25) is 14.5 Å². The molecule has 2 N–H and O–H groups in total. The first-order chi connectivity index (χ1) is 16.5. The highest BCUT2D eigenvalue weighted by Gasteiger charge is 2.28. The summed E-state index contributed by atoms with van der Waals surface area (Å²) in [7, 11) is 1.66. The van der Waals surface area contributed by atoms with E-state index in [9.17, 15) is 9.59 Å². The van der Waals surface area contributed by atoms with Crippen LogP contribution in [-0.4, -0.2) is 87.6 Å². The zero-order valence-corrected chi connectivity index (χ0v) is 20.5. The van der Waals surface area contributed by atoms with Gasteiger partial charge in [0.2, 0.25) is 0 Å². The number of hydrogen-bond donors (Lipinski definition) is 2. The topological polar surface area (TPSA) is 90.3 Å². The summed E-state index contributed by atoms with van der Waals surface area (Å²) in [6.07, 6.45) is 1.64. The number of piperazine rings is 1. The Morgan fingerprint density at radius 1 is 1.03 bits per heavy atom. The molecule has 0 aliphatic carbocycles. The molecule has 1 atom stereocenters. The zero-order chi connectivity index (χ0) is 24.3. The quantitative estimate of drug-likeness (QED) is 0.483. The largest absolute Gasteiger partial charge is 0.497 e. The third kappa shape index (κ3) is 6.98. The number of anilines is 1. The Hall–Kier alpha value is -3.04. The summed E-state index contributed by atoms with van der Waals surface area (Å²) in [6, 6.07) is 11.7. The van der Waals surface area contributed by atoms with E-state index < -0.39 is 11.8 Å². The molecular formula is C25H37N5O4. The molecule has 0 bridgehead atoms. The average molecular weight is 472 g/mol. The van der Waals surface area contributed by atoms with Gasteiger partial charge in [-0.1, -0.05) is 13.8 Å². The molecule has 186 valence electrons. The second-order valence-electron chi connectivity index (χ2n) is 8.25. The van der Waals surface area contributed by atoms with E-state index in [0.717, 1.165) is 63.0 Å². The summed E-state index contributed by atoms with van der Waals surface area (Å²) in [5.41, 5.74) is 1.16. The standard InChI is InChI=1S/C25H37N5O4/c1-4-28(5-2)13-12-26-24(31)25(32)27-19-22(23-7-6-18-34-23)30-16-14-29(15-17-30)20-8-10-21(33-3)11-9-20/h6-11,18,22H,4-5,12-17,19H2,1-3H3,(H,26,31)(H,27,32). The number of methoxy groups -OCH3 is 1. The lowest BCUT2D eigenvalue weighted by Gasteiger charge is -2.39. The van der Waals surface area contributed by atoms with Gasteiger partial charge in [-0.25, -0.2) is 0 Å². The van der Waals surface area contributed by atoms with Gasteiger partial charge in [0, 0.05) is 51.5 Å². The van der Waals surface area contributed by atoms with Gasteiger partial charge in [0.25, 0.3) is 0 Å². The monoisotopic (exact) mass is 471 g/mol. The molecule has 1 saturated heterocycles. The Bertz CT molecular complexity index is 875. The highest BCUT2D eigenvalue weighted by Crippen LogP contribution is 2.25. The zero-order valence-electron chi connectivity index (χ0n) is 20.5. The number of hydrogen-bond acceptors (Lipinski definition) is 7. The van der Waals surface area contributed by atoms with Crippen LogP contribution in [0.5, 0.6) is 5.75 Å². The maximum absolute atomic E-state index is 12.4. The van der Waals surface area contributed by atoms with Crippen molar-refractivity contribution in [1.29, 1.82) is 0 Å². The molecule has 9 nitrogen and oxygen atoms in total. The lowest BCUT2D eigenvalue weighted by molar-refractivity contribution is -0.139. The summed E-state index contributed by atoms with van der Waals surface area (Å²) < 4.78 is 10.9. The van der Waals surface area contributed by atoms with Gasteiger partial charge in [0.05, 0.1) is 19.4 Å². The number of furan rings is 1. The molecule has 1 aromatic heterocycles. The van der Waals surface area contributed by atoms with E-state index in [1.165, 1.54) is 0 Å². The van der Waals surface area contributed by atoms with Crippen LogP contribution >= 0.6 is 0 Å². The third-order valence-electron chi connectivity index (χ3n) is 6.33. The van der Waals surface area contributed by atoms with Crippen LogP contribution in [0.25, 0.3) is 0 Å². The number of carbonyl (C=O) groups is 2. The molecule has 2 amide bonds. The number of benzene rings is 1. The van der Waals surface area contributed by atoms with Crippen molar-refractivity contribution in [2.45, 2.75) is 19.9 Å². The third-order valence-corrected chi connectivity index (χ3v) is 6.33. The van der Waals surface area contributed by atoms with Gasteiger partial charge in [0.15, 0.2) is 0 Å². The lowest BCUT2D eigenvalue weighted by atomic mass is 10.1. The van der Waals surface area contributed by atoms with Gasteiger partial charge in [-0.05, 0) is 49.5 Å². The number of nitrogens with one attached hydrogen (secondary N) is 2. The van der Waals surface area contributed by atoms with Crippen molar-refractivity contribution in [2.75, 3.05) is 70.9 Å². The fourth-order valence-corrected chi connectivity index (χ4v) is 4.19. The molecule has 1 aliphatic heterocycles. The smallest absolute Gasteiger partial charge is 0.309 e. The maximum atomic E-state index is 12.4. The number of likely N-dealkylation sites (N-methyl/N-ethyl adjacent to an activating group) is 1. The van der Waals surface area contributed by atoms with Crippen molar-refractivity contribution >= 4 is 17.5 Å². The molecule has 2 aromatic rings. The number of nitrogens with zero attached hydrogens (tertiary/aromatic N) is 3. The minimum absolute atomic E-state index is 0.138. The van der Waals surface area contributed by atoms with Gasteiger partial charge >= 0.3 is 11.8 Å². The summed E-state index contributed by atoms with van der Waals surface area (Å²) in [4.78, 5) is 31.4. The van der Waals surface area contributed by atoms with Crippen LogP contribution in [0.2, 0.25) is 0 Å². The second kappa shape index (κ2) is 13.0. The molecule has 34 heavy (non-hydrogen) atoms. The van der Waals surface area contributed by atoms with Crippen molar-refractivity contribution in [3.05, 3.63) is 48.4 Å². The van der Waals surface area contributed by atoms with Gasteiger partial charge in [-0.15, -0.1) is 0 Å². The molecular weight excluding hydrogens is 434 g/mol. The van der Waals surface area contributed by atoms with Crippen molar-refractivity contribution in [1.82, 2.24) is 20.4 Å². The summed E-state index contributed by atoms with van der Waals surface area (Å²) in [5.74, 6) is 0.399. The maximum Gasteiger partial charge on any atom is 0.309 e. The number of rotatable bonds is 11. The van der Waals surface area contributed by atoms with E-state index in [1.807, 2.05) is 24.3 Å². The van der Waals surface area contributed by atoms with Crippen LogP contribution in [-0.2, 0) is 9.59 Å². The van der Waals surface area contributed by atoms with Gasteiger partial charge in [0.1, 0.15) is 11.5 Å².